The molecule has 4 unspecified atom stereocenters. The predicted molar refractivity (Wildman–Crippen MR) is 210 cm³/mol. The van der Waals surface area contributed by atoms with E-state index in [9.17, 15) is 25.2 Å². The van der Waals surface area contributed by atoms with E-state index in [0.717, 1.165) is 77.0 Å². The van der Waals surface area contributed by atoms with Gasteiger partial charge in [-0.25, -0.2) is 0 Å². The van der Waals surface area contributed by atoms with Gasteiger partial charge in [0.15, 0.2) is 0 Å². The van der Waals surface area contributed by atoms with E-state index in [-0.39, 0.29) is 0 Å². The van der Waals surface area contributed by atoms with Crippen LogP contribution in [0.25, 0.3) is 0 Å². The summed E-state index contributed by atoms with van der Waals surface area (Å²) in [7, 11) is 0. The summed E-state index contributed by atoms with van der Waals surface area (Å²) >= 11 is 0. The summed E-state index contributed by atoms with van der Waals surface area (Å²) in [6, 6.07) is -1.02. The number of aliphatic hydroxyl groups excluding tert-OH is 4. The molecule has 0 aliphatic carbocycles. The maximum atomic E-state index is 12.5. The second-order valence-electron chi connectivity index (χ2n) is 13.6. The van der Waals surface area contributed by atoms with E-state index in [1.165, 1.54) is 64.2 Å². The zero-order chi connectivity index (χ0) is 36.0. The van der Waals surface area contributed by atoms with Crippen molar-refractivity contribution < 1.29 is 25.2 Å². The highest BCUT2D eigenvalue weighted by Crippen LogP contribution is 2.13. The standard InChI is InChI=1S/C43H77NO5/c1-3-5-7-9-11-13-15-17-19-20-21-22-23-25-26-28-30-32-34-36-40(46)42(48)39(38-45)44-43(49)41(47)37-35-33-31-29-27-24-18-16-14-12-10-8-6-4-2/h12,14,16-19,22-23,28,30,39-42,45-48H,3-11,13,15,20-21,24-27,29,31-38H2,1-2H3,(H,44,49)/b14-12-,18-16-,19-17+,23-22+,30-28+. The lowest BCUT2D eigenvalue weighted by Crippen LogP contribution is -2.53. The second-order valence-corrected chi connectivity index (χ2v) is 13.6. The molecule has 0 heterocycles. The van der Waals surface area contributed by atoms with Crippen LogP contribution in [0.15, 0.2) is 60.8 Å². The zero-order valence-corrected chi connectivity index (χ0v) is 31.7. The maximum absolute atomic E-state index is 12.5. The number of aliphatic hydroxyl groups is 4. The van der Waals surface area contributed by atoms with Gasteiger partial charge in [-0.3, -0.25) is 4.79 Å². The van der Waals surface area contributed by atoms with Crippen molar-refractivity contribution in [3.8, 4) is 0 Å². The second kappa shape index (κ2) is 37.3. The zero-order valence-electron chi connectivity index (χ0n) is 31.7. The highest BCUT2D eigenvalue weighted by molar-refractivity contribution is 5.80. The largest absolute Gasteiger partial charge is 0.394 e. The Balaban J connectivity index is 3.92. The van der Waals surface area contributed by atoms with Crippen molar-refractivity contribution in [1.82, 2.24) is 5.32 Å². The first-order chi connectivity index (χ1) is 24.0. The Labute approximate surface area is 302 Å². The number of rotatable bonds is 35. The highest BCUT2D eigenvalue weighted by atomic mass is 16.3. The first-order valence-corrected chi connectivity index (χ1v) is 20.2. The first-order valence-electron chi connectivity index (χ1n) is 20.2. The van der Waals surface area contributed by atoms with Crippen LogP contribution in [-0.4, -0.2) is 57.3 Å². The van der Waals surface area contributed by atoms with Gasteiger partial charge in [0, 0.05) is 0 Å². The van der Waals surface area contributed by atoms with E-state index >= 15 is 0 Å². The van der Waals surface area contributed by atoms with Crippen LogP contribution in [0.4, 0.5) is 0 Å². The van der Waals surface area contributed by atoms with Gasteiger partial charge in [0.1, 0.15) is 12.2 Å². The number of allylic oxidation sites excluding steroid dienone is 10. The van der Waals surface area contributed by atoms with Crippen molar-refractivity contribution in [1.29, 1.82) is 0 Å². The molecule has 6 nitrogen and oxygen atoms in total. The SMILES string of the molecule is CCCCC/C=C\C=C/CCCCCCCC(O)C(=O)NC(CO)C(O)C(O)CCC/C=C/CC/C=C/CC/C=C/CCCCCCCC. The molecule has 6 heteroatoms. The summed E-state index contributed by atoms with van der Waals surface area (Å²) in [4.78, 5) is 12.5. The lowest BCUT2D eigenvalue weighted by Gasteiger charge is -2.27. The van der Waals surface area contributed by atoms with E-state index in [2.05, 4.69) is 79.9 Å². The molecule has 0 aromatic heterocycles. The van der Waals surface area contributed by atoms with Gasteiger partial charge in [0.05, 0.1) is 18.8 Å². The molecule has 0 spiro atoms. The third kappa shape index (κ3) is 31.7. The number of amides is 1. The van der Waals surface area contributed by atoms with Gasteiger partial charge in [-0.05, 0) is 89.9 Å². The Kier molecular flexibility index (Phi) is 35.8. The fourth-order valence-electron chi connectivity index (χ4n) is 5.66. The lowest BCUT2D eigenvalue weighted by molar-refractivity contribution is -0.132. The van der Waals surface area contributed by atoms with Gasteiger partial charge < -0.3 is 25.7 Å². The summed E-state index contributed by atoms with van der Waals surface area (Å²) in [5.41, 5.74) is 0. The van der Waals surface area contributed by atoms with Crippen molar-refractivity contribution in [2.75, 3.05) is 6.61 Å². The molecule has 1 amide bonds. The average Bonchev–Trinajstić information content (AvgIpc) is 3.11. The smallest absolute Gasteiger partial charge is 0.249 e. The van der Waals surface area contributed by atoms with Gasteiger partial charge in [-0.2, -0.15) is 0 Å². The topological polar surface area (TPSA) is 110 Å². The molecule has 5 N–H and O–H groups in total. The molecule has 0 aliphatic rings. The Morgan fingerprint density at radius 2 is 0.918 bits per heavy atom. The van der Waals surface area contributed by atoms with Crippen molar-refractivity contribution in [2.24, 2.45) is 0 Å². The molecule has 0 aromatic rings. The van der Waals surface area contributed by atoms with Crippen LogP contribution < -0.4 is 5.32 Å². The van der Waals surface area contributed by atoms with E-state index < -0.39 is 36.9 Å². The third-order valence-corrected chi connectivity index (χ3v) is 8.93. The molecule has 4 atom stereocenters. The first kappa shape index (κ1) is 47.0. The molecule has 0 aliphatic heterocycles. The Hall–Kier alpha value is -1.99. The van der Waals surface area contributed by atoms with Crippen molar-refractivity contribution >= 4 is 5.91 Å². The molecule has 0 saturated carbocycles. The minimum Gasteiger partial charge on any atom is -0.394 e. The third-order valence-electron chi connectivity index (χ3n) is 8.93. The van der Waals surface area contributed by atoms with Gasteiger partial charge in [0.2, 0.25) is 5.91 Å². The Morgan fingerprint density at radius 3 is 1.45 bits per heavy atom. The number of nitrogens with one attached hydrogen (secondary N) is 1. The molecule has 0 saturated heterocycles. The van der Waals surface area contributed by atoms with Crippen LogP contribution in [0.2, 0.25) is 0 Å². The minimum absolute atomic E-state index is 0.337. The van der Waals surface area contributed by atoms with E-state index in [1.54, 1.807) is 0 Å². The van der Waals surface area contributed by atoms with E-state index in [0.29, 0.717) is 19.3 Å². The number of hydrogen-bond donors (Lipinski definition) is 5. The Bertz CT molecular complexity index is 864. The lowest BCUT2D eigenvalue weighted by atomic mass is 10.00. The number of hydrogen-bond acceptors (Lipinski definition) is 5. The van der Waals surface area contributed by atoms with Gasteiger partial charge >= 0.3 is 0 Å². The summed E-state index contributed by atoms with van der Waals surface area (Å²) in [6.45, 7) is 3.96. The minimum atomic E-state index is -1.30. The van der Waals surface area contributed by atoms with E-state index in [4.69, 9.17) is 0 Å². The normalized spacial score (nSPS) is 15.0. The molecular weight excluding hydrogens is 610 g/mol. The molecule has 0 fully saturated rings. The van der Waals surface area contributed by atoms with Crippen LogP contribution in [-0.2, 0) is 4.79 Å². The number of carbonyl (C=O) groups excluding carboxylic acids is 1. The van der Waals surface area contributed by atoms with Crippen molar-refractivity contribution in [3.63, 3.8) is 0 Å². The number of carbonyl (C=O) groups is 1. The summed E-state index contributed by atoms with van der Waals surface area (Å²) < 4.78 is 0. The maximum Gasteiger partial charge on any atom is 0.249 e. The molecular formula is C43H77NO5. The van der Waals surface area contributed by atoms with Crippen LogP contribution in [0.1, 0.15) is 174 Å². The Morgan fingerprint density at radius 1 is 0.510 bits per heavy atom. The average molecular weight is 688 g/mol. The van der Waals surface area contributed by atoms with Crippen molar-refractivity contribution in [2.45, 2.75) is 199 Å². The van der Waals surface area contributed by atoms with Crippen LogP contribution in [0, 0.1) is 0 Å². The molecule has 0 aromatic carbocycles. The number of unbranched alkanes of at least 4 members (excludes halogenated alkanes) is 17. The molecule has 0 rings (SSSR count). The molecule has 0 bridgehead atoms. The van der Waals surface area contributed by atoms with Gasteiger partial charge in [-0.15, -0.1) is 0 Å². The van der Waals surface area contributed by atoms with Crippen LogP contribution in [0.5, 0.6) is 0 Å². The summed E-state index contributed by atoms with van der Waals surface area (Å²) in [5, 5.41) is 43.5. The quantitative estimate of drug-likeness (QED) is 0.0259. The molecule has 49 heavy (non-hydrogen) atoms. The summed E-state index contributed by atoms with van der Waals surface area (Å²) in [6.07, 6.45) is 45.2. The highest BCUT2D eigenvalue weighted by Gasteiger charge is 2.28. The monoisotopic (exact) mass is 688 g/mol. The van der Waals surface area contributed by atoms with Gasteiger partial charge in [-0.1, -0.05) is 145 Å². The van der Waals surface area contributed by atoms with Crippen LogP contribution >= 0.6 is 0 Å². The van der Waals surface area contributed by atoms with Gasteiger partial charge in [0.25, 0.3) is 0 Å². The molecule has 0 radical (unpaired) electrons. The van der Waals surface area contributed by atoms with Crippen molar-refractivity contribution in [3.05, 3.63) is 60.8 Å². The molecule has 284 valence electrons. The van der Waals surface area contributed by atoms with Crippen LogP contribution in [0.3, 0.4) is 0 Å². The van der Waals surface area contributed by atoms with E-state index in [1.807, 2.05) is 0 Å². The fraction of sp³-hybridized carbons (Fsp3) is 0.744. The fourth-order valence-corrected chi connectivity index (χ4v) is 5.66. The summed E-state index contributed by atoms with van der Waals surface area (Å²) in [5.74, 6) is -0.616. The predicted octanol–water partition coefficient (Wildman–Crippen LogP) is 10.1.